The predicted octanol–water partition coefficient (Wildman–Crippen LogP) is 6.08. The molecule has 178 valence electrons. The smallest absolute Gasteiger partial charge is 0.376 e. The lowest BCUT2D eigenvalue weighted by Gasteiger charge is -2.16. The van der Waals surface area contributed by atoms with E-state index < -0.39 is 15.6 Å². The number of alkyl halides is 3. The molecule has 0 aliphatic rings. The van der Waals surface area contributed by atoms with Gasteiger partial charge in [0.25, 0.3) is 0 Å². The molecule has 0 aliphatic carbocycles. The lowest BCUT2D eigenvalue weighted by molar-refractivity contribution is -0.0500. The highest BCUT2D eigenvalue weighted by Gasteiger charge is 2.48. The molecule has 0 N–H and O–H groups in total. The van der Waals surface area contributed by atoms with Gasteiger partial charge >= 0.3 is 15.6 Å². The minimum Gasteiger partial charge on any atom is -0.376 e. The first-order valence-corrected chi connectivity index (χ1v) is 12.6. The van der Waals surface area contributed by atoms with E-state index in [4.69, 9.17) is 0 Å². The summed E-state index contributed by atoms with van der Waals surface area (Å²) in [6, 6.07) is 15.7. The number of rotatable bonds is 4. The molecule has 0 bridgehead atoms. The van der Waals surface area contributed by atoms with Gasteiger partial charge in [0, 0.05) is 0 Å². The predicted molar refractivity (Wildman–Crippen MR) is 131 cm³/mol. The minimum absolute atomic E-state index is 0.371. The van der Waals surface area contributed by atoms with Crippen molar-refractivity contribution in [3.05, 3.63) is 88.0 Å². The number of benzene rings is 3. The Hall–Kier alpha value is -2.37. The van der Waals surface area contributed by atoms with E-state index in [-0.39, 0.29) is 5.75 Å². The third kappa shape index (κ3) is 7.31. The van der Waals surface area contributed by atoms with Crippen LogP contribution in [0.3, 0.4) is 0 Å². The standard InChI is InChI=1S/C18H23P.C7H5F3O3S/c1-11-7-13(3)17(14(4)8-11)19-18-15(5)9-12(2)10-16(18)6;8-7(9,10)14(11,12)13-6-4-2-1-3-5-6/h7-10,19H,1-6H3;1-5H. The summed E-state index contributed by atoms with van der Waals surface area (Å²) >= 11 is 0. The first-order chi connectivity index (χ1) is 15.2. The monoisotopic (exact) mass is 496 g/mol. The van der Waals surface area contributed by atoms with Crippen LogP contribution in [0.4, 0.5) is 13.2 Å². The van der Waals surface area contributed by atoms with E-state index in [1.165, 1.54) is 62.2 Å². The molecule has 3 rings (SSSR count). The molecular weight excluding hydrogens is 468 g/mol. The van der Waals surface area contributed by atoms with Gasteiger partial charge in [-0.15, -0.1) is 0 Å². The van der Waals surface area contributed by atoms with Crippen molar-refractivity contribution >= 4 is 29.3 Å². The van der Waals surface area contributed by atoms with Gasteiger partial charge in [0.05, 0.1) is 0 Å². The van der Waals surface area contributed by atoms with Gasteiger partial charge in [-0.1, -0.05) is 62.2 Å². The third-order valence-corrected chi connectivity index (χ3v) is 7.89. The fourth-order valence-electron chi connectivity index (χ4n) is 3.53. The Labute approximate surface area is 195 Å². The summed E-state index contributed by atoms with van der Waals surface area (Å²) in [5.41, 5.74) is 3.03. The molecule has 8 heteroatoms. The molecule has 0 amide bonds. The van der Waals surface area contributed by atoms with Crippen LogP contribution in [-0.4, -0.2) is 13.9 Å². The maximum absolute atomic E-state index is 11.8. The summed E-state index contributed by atoms with van der Waals surface area (Å²) in [6.45, 7) is 13.3. The van der Waals surface area contributed by atoms with Crippen molar-refractivity contribution in [2.24, 2.45) is 0 Å². The van der Waals surface area contributed by atoms with Crippen LogP contribution in [0.1, 0.15) is 33.4 Å². The van der Waals surface area contributed by atoms with Crippen molar-refractivity contribution in [3.8, 4) is 5.75 Å². The minimum atomic E-state index is -5.55. The Bertz CT molecular complexity index is 1120. The highest BCUT2D eigenvalue weighted by molar-refractivity contribution is 7.88. The molecule has 0 heterocycles. The molecule has 3 aromatic carbocycles. The van der Waals surface area contributed by atoms with E-state index in [1.54, 1.807) is 0 Å². The molecule has 0 aliphatic heterocycles. The fraction of sp³-hybridized carbons (Fsp3) is 0.280. The van der Waals surface area contributed by atoms with E-state index in [1.807, 2.05) is 0 Å². The molecule has 0 saturated carbocycles. The molecule has 0 atom stereocenters. The van der Waals surface area contributed by atoms with Crippen molar-refractivity contribution < 1.29 is 25.8 Å². The average molecular weight is 497 g/mol. The average Bonchev–Trinajstić information content (AvgIpc) is 2.66. The van der Waals surface area contributed by atoms with Crippen LogP contribution in [-0.2, 0) is 10.1 Å². The van der Waals surface area contributed by atoms with E-state index in [0.29, 0.717) is 0 Å². The van der Waals surface area contributed by atoms with Crippen molar-refractivity contribution in [3.63, 3.8) is 0 Å². The first-order valence-electron chi connectivity index (χ1n) is 10.2. The lowest BCUT2D eigenvalue weighted by atomic mass is 10.1. The van der Waals surface area contributed by atoms with E-state index in [9.17, 15) is 21.6 Å². The number of halogens is 3. The Morgan fingerprint density at radius 3 is 1.39 bits per heavy atom. The zero-order valence-corrected chi connectivity index (χ0v) is 21.3. The largest absolute Gasteiger partial charge is 0.534 e. The zero-order chi connectivity index (χ0) is 25.0. The van der Waals surface area contributed by atoms with Gasteiger partial charge in [0.2, 0.25) is 0 Å². The number of aryl methyl sites for hydroxylation is 6. The summed E-state index contributed by atoms with van der Waals surface area (Å²) in [6.07, 6.45) is 0. The number of hydrogen-bond acceptors (Lipinski definition) is 3. The Morgan fingerprint density at radius 2 is 1.06 bits per heavy atom. The summed E-state index contributed by atoms with van der Waals surface area (Å²) in [5.74, 6) is -0.371. The zero-order valence-electron chi connectivity index (χ0n) is 19.5. The van der Waals surface area contributed by atoms with Gasteiger partial charge in [-0.2, -0.15) is 21.6 Å². The molecule has 33 heavy (non-hydrogen) atoms. The molecule has 0 saturated heterocycles. The number of para-hydroxylation sites is 1. The molecule has 0 fully saturated rings. The maximum atomic E-state index is 11.8. The van der Waals surface area contributed by atoms with E-state index in [0.717, 1.165) is 20.7 Å². The van der Waals surface area contributed by atoms with Crippen LogP contribution >= 0.6 is 8.58 Å². The quantitative estimate of drug-likeness (QED) is 0.250. The molecule has 0 unspecified atom stereocenters. The van der Waals surface area contributed by atoms with Crippen LogP contribution in [0.25, 0.3) is 0 Å². The maximum Gasteiger partial charge on any atom is 0.534 e. The third-order valence-electron chi connectivity index (χ3n) is 4.84. The molecule has 3 aromatic rings. The van der Waals surface area contributed by atoms with Gasteiger partial charge in [-0.25, -0.2) is 0 Å². The van der Waals surface area contributed by atoms with Crippen molar-refractivity contribution in [1.29, 1.82) is 0 Å². The van der Waals surface area contributed by atoms with Crippen LogP contribution in [0.15, 0.2) is 54.6 Å². The van der Waals surface area contributed by atoms with Crippen LogP contribution < -0.4 is 14.8 Å². The van der Waals surface area contributed by atoms with Gasteiger partial charge in [-0.3, -0.25) is 0 Å². The summed E-state index contributed by atoms with van der Waals surface area (Å²) in [7, 11) is -4.79. The Kier molecular flexibility index (Phi) is 8.72. The summed E-state index contributed by atoms with van der Waals surface area (Å²) < 4.78 is 60.2. The van der Waals surface area contributed by atoms with Gasteiger partial charge in [0.15, 0.2) is 0 Å². The van der Waals surface area contributed by atoms with Gasteiger partial charge < -0.3 is 4.18 Å². The van der Waals surface area contributed by atoms with E-state index in [2.05, 4.69) is 70.0 Å². The molecule has 3 nitrogen and oxygen atoms in total. The first kappa shape index (κ1) is 26.9. The number of hydrogen-bond donors (Lipinski definition) is 0. The Balaban J connectivity index is 0.000000245. The topological polar surface area (TPSA) is 43.4 Å². The second kappa shape index (κ2) is 10.7. The normalized spacial score (nSPS) is 11.5. The van der Waals surface area contributed by atoms with Crippen LogP contribution in [0, 0.1) is 41.5 Å². The van der Waals surface area contributed by atoms with Crippen molar-refractivity contribution in [2.75, 3.05) is 0 Å². The second-order valence-corrected chi connectivity index (χ2v) is 10.8. The lowest BCUT2D eigenvalue weighted by Crippen LogP contribution is -2.27. The molecule has 0 spiro atoms. The van der Waals surface area contributed by atoms with Crippen LogP contribution in [0.5, 0.6) is 5.75 Å². The van der Waals surface area contributed by atoms with E-state index >= 15 is 0 Å². The van der Waals surface area contributed by atoms with Gasteiger partial charge in [0.1, 0.15) is 5.75 Å². The van der Waals surface area contributed by atoms with Crippen molar-refractivity contribution in [1.82, 2.24) is 0 Å². The molecule has 0 aromatic heterocycles. The van der Waals surface area contributed by atoms with Crippen molar-refractivity contribution in [2.45, 2.75) is 47.1 Å². The summed E-state index contributed by atoms with van der Waals surface area (Å²) in [5, 5.41) is 3.03. The Morgan fingerprint density at radius 1 is 0.697 bits per heavy atom. The summed E-state index contributed by atoms with van der Waals surface area (Å²) in [4.78, 5) is 0. The second-order valence-electron chi connectivity index (χ2n) is 7.97. The highest BCUT2D eigenvalue weighted by Crippen LogP contribution is 2.26. The van der Waals surface area contributed by atoms with Crippen LogP contribution in [0.2, 0.25) is 0 Å². The molecular formula is C25H28F3O3PS. The highest BCUT2D eigenvalue weighted by atomic mass is 32.2. The van der Waals surface area contributed by atoms with Gasteiger partial charge in [-0.05, 0) is 86.5 Å². The fourth-order valence-corrected chi connectivity index (χ4v) is 5.32. The SMILES string of the molecule is Cc1cc(C)c(Pc2c(C)cc(C)cc2C)c(C)c1.O=S(=O)(Oc1ccccc1)C(F)(F)F. The molecule has 0 radical (unpaired) electrons.